The van der Waals surface area contributed by atoms with Crippen LogP contribution in [0.25, 0.3) is 0 Å². The summed E-state index contributed by atoms with van der Waals surface area (Å²) in [5.41, 5.74) is -1.09. The lowest BCUT2D eigenvalue weighted by Crippen LogP contribution is -2.14. The largest absolute Gasteiger partial charge is 0.465 e. The van der Waals surface area contributed by atoms with Crippen molar-refractivity contribution in [2.24, 2.45) is 0 Å². The number of carbonyl (C=O) groups is 1. The first kappa shape index (κ1) is 15.5. The van der Waals surface area contributed by atoms with Crippen LogP contribution in [0, 0.1) is 11.3 Å². The summed E-state index contributed by atoms with van der Waals surface area (Å²) in [6.45, 7) is -0.283. The van der Waals surface area contributed by atoms with E-state index in [-0.39, 0.29) is 23.4 Å². The molecule has 1 heterocycles. The Labute approximate surface area is 122 Å². The molecule has 1 aromatic heterocycles. The molecule has 2 aromatic rings. The van der Waals surface area contributed by atoms with Crippen molar-refractivity contribution >= 4 is 5.97 Å². The Morgan fingerprint density at radius 1 is 1.45 bits per heavy atom. The molecule has 6 nitrogen and oxygen atoms in total. The second-order valence-electron chi connectivity index (χ2n) is 4.27. The average Bonchev–Trinajstić information content (AvgIpc) is 2.92. The lowest BCUT2D eigenvalue weighted by molar-refractivity contribution is -0.138. The first-order chi connectivity index (χ1) is 10.3. The van der Waals surface area contributed by atoms with E-state index in [2.05, 4.69) is 15.0 Å². The molecule has 0 saturated heterocycles. The maximum Gasteiger partial charge on any atom is 0.416 e. The third kappa shape index (κ3) is 3.22. The first-order valence-electron chi connectivity index (χ1n) is 5.94. The van der Waals surface area contributed by atoms with Crippen LogP contribution in [0.4, 0.5) is 13.2 Å². The van der Waals surface area contributed by atoms with Gasteiger partial charge in [-0.05, 0) is 23.8 Å². The van der Waals surface area contributed by atoms with Crippen molar-refractivity contribution in [3.8, 4) is 6.07 Å². The van der Waals surface area contributed by atoms with Gasteiger partial charge in [0.05, 0.1) is 31.0 Å². The topological polar surface area (TPSA) is 80.8 Å². The van der Waals surface area contributed by atoms with Crippen molar-refractivity contribution in [2.45, 2.75) is 12.7 Å². The molecule has 0 fully saturated rings. The number of carbonyl (C=O) groups excluding carboxylic acids is 1. The van der Waals surface area contributed by atoms with E-state index in [0.717, 1.165) is 30.0 Å². The highest BCUT2D eigenvalue weighted by Crippen LogP contribution is 2.33. The molecule has 114 valence electrons. The highest BCUT2D eigenvalue weighted by molar-refractivity contribution is 5.89. The number of alkyl halides is 3. The standard InChI is InChI=1S/C13H9F3N4O2/c1-22-12(21)8-2-3-11(13(14,15)16)9(4-8)6-20-7-10(5-17)18-19-20/h2-4,7H,6H2,1H3. The Morgan fingerprint density at radius 2 is 2.18 bits per heavy atom. The van der Waals surface area contributed by atoms with Crippen LogP contribution in [0.15, 0.2) is 24.4 Å². The fourth-order valence-electron chi connectivity index (χ4n) is 1.85. The fourth-order valence-corrected chi connectivity index (χ4v) is 1.85. The Balaban J connectivity index is 2.45. The molecule has 0 bridgehead atoms. The van der Waals surface area contributed by atoms with Crippen molar-refractivity contribution in [1.29, 1.82) is 5.26 Å². The van der Waals surface area contributed by atoms with Gasteiger partial charge in [-0.1, -0.05) is 5.21 Å². The number of halogens is 3. The molecule has 1 aromatic carbocycles. The minimum absolute atomic E-state index is 0.00822. The second-order valence-corrected chi connectivity index (χ2v) is 4.27. The minimum Gasteiger partial charge on any atom is -0.465 e. The molecular weight excluding hydrogens is 301 g/mol. The maximum atomic E-state index is 13.0. The SMILES string of the molecule is COC(=O)c1ccc(C(F)(F)F)c(Cn2cc(C#N)nn2)c1. The van der Waals surface area contributed by atoms with Gasteiger partial charge in [-0.25, -0.2) is 9.48 Å². The van der Waals surface area contributed by atoms with Crippen molar-refractivity contribution < 1.29 is 22.7 Å². The quantitative estimate of drug-likeness (QED) is 0.810. The van der Waals surface area contributed by atoms with Crippen LogP contribution in [0.1, 0.15) is 27.2 Å². The summed E-state index contributed by atoms with van der Waals surface area (Å²) in [4.78, 5) is 11.4. The number of benzene rings is 1. The Morgan fingerprint density at radius 3 is 2.73 bits per heavy atom. The molecule has 22 heavy (non-hydrogen) atoms. The van der Waals surface area contributed by atoms with Crippen LogP contribution in [0.3, 0.4) is 0 Å². The molecule has 0 aliphatic rings. The van der Waals surface area contributed by atoms with Gasteiger partial charge in [0.1, 0.15) is 6.07 Å². The number of hydrogen-bond acceptors (Lipinski definition) is 5. The molecular formula is C13H9F3N4O2. The molecule has 0 aliphatic carbocycles. The van der Waals surface area contributed by atoms with Gasteiger partial charge < -0.3 is 4.74 Å². The molecule has 0 unspecified atom stereocenters. The molecule has 0 atom stereocenters. The highest BCUT2D eigenvalue weighted by Gasteiger charge is 2.33. The Hall–Kier alpha value is -2.89. The van der Waals surface area contributed by atoms with Crippen molar-refractivity contribution in [3.05, 3.63) is 46.8 Å². The number of methoxy groups -OCH3 is 1. The van der Waals surface area contributed by atoms with E-state index in [1.807, 2.05) is 0 Å². The zero-order valence-electron chi connectivity index (χ0n) is 11.3. The van der Waals surface area contributed by atoms with Crippen molar-refractivity contribution in [1.82, 2.24) is 15.0 Å². The summed E-state index contributed by atoms with van der Waals surface area (Å²) in [6, 6.07) is 4.66. The Bertz CT molecular complexity index is 746. The van der Waals surface area contributed by atoms with Gasteiger partial charge in [0, 0.05) is 0 Å². The third-order valence-electron chi connectivity index (χ3n) is 2.82. The van der Waals surface area contributed by atoms with Crippen molar-refractivity contribution in [2.75, 3.05) is 7.11 Å². The highest BCUT2D eigenvalue weighted by atomic mass is 19.4. The number of esters is 1. The van der Waals surface area contributed by atoms with Gasteiger partial charge in [-0.3, -0.25) is 0 Å². The zero-order valence-corrected chi connectivity index (χ0v) is 11.3. The van der Waals surface area contributed by atoms with Gasteiger partial charge in [0.25, 0.3) is 0 Å². The molecule has 0 spiro atoms. The van der Waals surface area contributed by atoms with Gasteiger partial charge in [-0.2, -0.15) is 18.4 Å². The van der Waals surface area contributed by atoms with E-state index in [0.29, 0.717) is 0 Å². The van der Waals surface area contributed by atoms with Crippen LogP contribution in [-0.4, -0.2) is 28.1 Å². The number of rotatable bonds is 3. The summed E-state index contributed by atoms with van der Waals surface area (Å²) in [5, 5.41) is 15.7. The monoisotopic (exact) mass is 310 g/mol. The summed E-state index contributed by atoms with van der Waals surface area (Å²) >= 11 is 0. The molecule has 0 N–H and O–H groups in total. The molecule has 0 amide bonds. The Kier molecular flexibility index (Phi) is 4.12. The molecule has 9 heteroatoms. The second kappa shape index (κ2) is 5.85. The lowest BCUT2D eigenvalue weighted by atomic mass is 10.0. The minimum atomic E-state index is -4.58. The first-order valence-corrected chi connectivity index (χ1v) is 5.94. The normalized spacial score (nSPS) is 11.0. The smallest absolute Gasteiger partial charge is 0.416 e. The van der Waals surface area contributed by atoms with Crippen LogP contribution in [0.5, 0.6) is 0 Å². The predicted octanol–water partition coefficient (Wildman–Crippen LogP) is 2.00. The van der Waals surface area contributed by atoms with E-state index in [1.165, 1.54) is 6.20 Å². The summed E-state index contributed by atoms with van der Waals surface area (Å²) in [7, 11) is 1.14. The fraction of sp³-hybridized carbons (Fsp3) is 0.231. The molecule has 0 saturated carbocycles. The van der Waals surface area contributed by atoms with E-state index in [9.17, 15) is 18.0 Å². The van der Waals surface area contributed by atoms with Crippen molar-refractivity contribution in [3.63, 3.8) is 0 Å². The van der Waals surface area contributed by atoms with E-state index >= 15 is 0 Å². The maximum absolute atomic E-state index is 13.0. The molecule has 2 rings (SSSR count). The van der Waals surface area contributed by atoms with Gasteiger partial charge in [-0.15, -0.1) is 5.10 Å². The number of nitriles is 1. The van der Waals surface area contributed by atoms with E-state index in [4.69, 9.17) is 5.26 Å². The van der Waals surface area contributed by atoms with Crippen LogP contribution in [-0.2, 0) is 17.5 Å². The summed E-state index contributed by atoms with van der Waals surface area (Å²) < 4.78 is 44.6. The average molecular weight is 310 g/mol. The van der Waals surface area contributed by atoms with E-state index in [1.54, 1.807) is 6.07 Å². The zero-order chi connectivity index (χ0) is 16.3. The summed E-state index contributed by atoms with van der Waals surface area (Å²) in [6.07, 6.45) is -3.37. The summed E-state index contributed by atoms with van der Waals surface area (Å²) in [5.74, 6) is -0.744. The van der Waals surface area contributed by atoms with Gasteiger partial charge in [0.2, 0.25) is 0 Å². The predicted molar refractivity (Wildman–Crippen MR) is 66.6 cm³/mol. The molecule has 0 aliphatic heterocycles. The third-order valence-corrected chi connectivity index (χ3v) is 2.82. The lowest BCUT2D eigenvalue weighted by Gasteiger charge is -2.13. The number of nitrogens with zero attached hydrogens (tertiary/aromatic N) is 4. The number of ether oxygens (including phenoxy) is 1. The molecule has 0 radical (unpaired) electrons. The van der Waals surface area contributed by atoms with Crippen LogP contribution < -0.4 is 0 Å². The van der Waals surface area contributed by atoms with Gasteiger partial charge >= 0.3 is 12.1 Å². The van der Waals surface area contributed by atoms with E-state index < -0.39 is 17.7 Å². The van der Waals surface area contributed by atoms with Gasteiger partial charge in [0.15, 0.2) is 5.69 Å². The van der Waals surface area contributed by atoms with Crippen LogP contribution >= 0.6 is 0 Å². The van der Waals surface area contributed by atoms with Crippen LogP contribution in [0.2, 0.25) is 0 Å². The number of hydrogen-bond donors (Lipinski definition) is 0. The number of aromatic nitrogens is 3.